The number of amides is 1. The number of carbonyl (C=O) groups excluding carboxylic acids is 2. The van der Waals surface area contributed by atoms with Gasteiger partial charge in [0.1, 0.15) is 5.60 Å². The van der Waals surface area contributed by atoms with Gasteiger partial charge in [-0.15, -0.1) is 0 Å². The van der Waals surface area contributed by atoms with Gasteiger partial charge in [-0.3, -0.25) is 4.79 Å². The third kappa shape index (κ3) is 8.16. The van der Waals surface area contributed by atoms with E-state index in [0.29, 0.717) is 6.42 Å². The van der Waals surface area contributed by atoms with Crippen molar-refractivity contribution in [2.45, 2.75) is 65.2 Å². The van der Waals surface area contributed by atoms with Gasteiger partial charge in [-0.1, -0.05) is 44.2 Å². The molecule has 1 radical (unpaired) electrons. The van der Waals surface area contributed by atoms with Crippen LogP contribution in [-0.4, -0.2) is 35.2 Å². The zero-order chi connectivity index (χ0) is 19.0. The van der Waals surface area contributed by atoms with E-state index in [1.165, 1.54) is 0 Å². The van der Waals surface area contributed by atoms with Gasteiger partial charge in [0.2, 0.25) is 6.29 Å². The second kappa shape index (κ2) is 9.56. The van der Waals surface area contributed by atoms with Gasteiger partial charge in [-0.05, 0) is 45.1 Å². The molecule has 1 aromatic carbocycles. The zero-order valence-corrected chi connectivity index (χ0v) is 15.8. The van der Waals surface area contributed by atoms with Crippen LogP contribution in [0.1, 0.15) is 46.6 Å². The Kier molecular flexibility index (Phi) is 8.10. The molecule has 1 amide bonds. The van der Waals surface area contributed by atoms with Crippen molar-refractivity contribution in [1.82, 2.24) is 5.32 Å². The maximum Gasteiger partial charge on any atom is 0.407 e. The quantitative estimate of drug-likeness (QED) is 0.756. The van der Waals surface area contributed by atoms with Crippen molar-refractivity contribution in [3.05, 3.63) is 35.9 Å². The highest BCUT2D eigenvalue weighted by molar-refractivity contribution is 5.68. The number of rotatable bonds is 8. The smallest absolute Gasteiger partial charge is 0.407 e. The normalized spacial score (nSPS) is 15.3. The average Bonchev–Trinajstić information content (AvgIpc) is 2.50. The Morgan fingerprint density at radius 1 is 1.24 bits per heavy atom. The van der Waals surface area contributed by atoms with Crippen molar-refractivity contribution >= 4 is 12.4 Å². The molecule has 0 heterocycles. The molecule has 139 valence electrons. The standard InChI is InChI=1S/C20H30NO4/c1-14(2)16(13-22)12-18(23)17(11-15-9-7-6-8-10-15)21-19(24)25-20(3,4)5/h6-10,14,16-18,23H,11-12H2,1-5H3,(H,21,24)/t16-,17+,18+/m1/s1. The minimum absolute atomic E-state index is 0.0750. The third-order valence-corrected chi connectivity index (χ3v) is 3.92. The number of aliphatic hydroxyl groups excluding tert-OH is 1. The zero-order valence-electron chi connectivity index (χ0n) is 15.8. The molecular weight excluding hydrogens is 318 g/mol. The number of nitrogens with one attached hydrogen (secondary N) is 1. The van der Waals surface area contributed by atoms with Gasteiger partial charge in [0.15, 0.2) is 0 Å². The molecule has 0 saturated carbocycles. The summed E-state index contributed by atoms with van der Waals surface area (Å²) in [7, 11) is 0. The molecule has 25 heavy (non-hydrogen) atoms. The fraction of sp³-hybridized carbons (Fsp3) is 0.600. The van der Waals surface area contributed by atoms with Gasteiger partial charge in [0.05, 0.1) is 12.1 Å². The average molecular weight is 348 g/mol. The third-order valence-electron chi connectivity index (χ3n) is 3.92. The van der Waals surface area contributed by atoms with E-state index >= 15 is 0 Å². The molecule has 5 heteroatoms. The van der Waals surface area contributed by atoms with Crippen molar-refractivity contribution in [2.75, 3.05) is 0 Å². The van der Waals surface area contributed by atoms with Crippen molar-refractivity contribution < 1.29 is 19.4 Å². The highest BCUT2D eigenvalue weighted by atomic mass is 16.6. The molecule has 1 aromatic rings. The highest BCUT2D eigenvalue weighted by Gasteiger charge is 2.28. The minimum atomic E-state index is -0.874. The van der Waals surface area contributed by atoms with Crippen LogP contribution >= 0.6 is 0 Å². The summed E-state index contributed by atoms with van der Waals surface area (Å²) in [6.07, 6.45) is 1.23. The molecule has 0 aromatic heterocycles. The van der Waals surface area contributed by atoms with Crippen molar-refractivity contribution in [3.8, 4) is 0 Å². The Bertz CT molecular complexity index is 536. The van der Waals surface area contributed by atoms with Gasteiger partial charge >= 0.3 is 6.09 Å². The fourth-order valence-corrected chi connectivity index (χ4v) is 2.49. The van der Waals surface area contributed by atoms with E-state index in [1.54, 1.807) is 20.8 Å². The molecule has 0 aliphatic heterocycles. The summed E-state index contributed by atoms with van der Waals surface area (Å²) in [5.41, 5.74) is 0.363. The second-order valence-electron chi connectivity index (χ2n) is 7.71. The first-order valence-corrected chi connectivity index (χ1v) is 8.71. The Labute approximate surface area is 150 Å². The maximum atomic E-state index is 12.1. The number of aliphatic hydroxyl groups is 1. The first-order valence-electron chi connectivity index (χ1n) is 8.71. The maximum absolute atomic E-state index is 12.1. The van der Waals surface area contributed by atoms with Crippen LogP contribution in [0.2, 0.25) is 0 Å². The molecule has 1 rings (SSSR count). The summed E-state index contributed by atoms with van der Waals surface area (Å²) >= 11 is 0. The summed E-state index contributed by atoms with van der Waals surface area (Å²) < 4.78 is 5.30. The molecule has 0 aliphatic rings. The SMILES string of the molecule is CC(C)[C@@H]([C]=O)C[C@H](O)[C@H](Cc1ccccc1)NC(=O)OC(C)(C)C. The molecule has 0 fully saturated rings. The molecule has 0 spiro atoms. The molecule has 0 aliphatic carbocycles. The van der Waals surface area contributed by atoms with Crippen LogP contribution in [0.25, 0.3) is 0 Å². The van der Waals surface area contributed by atoms with Gasteiger partial charge in [0.25, 0.3) is 0 Å². The Morgan fingerprint density at radius 3 is 2.32 bits per heavy atom. The summed E-state index contributed by atoms with van der Waals surface area (Å²) in [6, 6.07) is 9.04. The monoisotopic (exact) mass is 348 g/mol. The summed E-state index contributed by atoms with van der Waals surface area (Å²) in [5, 5.41) is 13.4. The number of alkyl carbamates (subject to hydrolysis) is 1. The van der Waals surface area contributed by atoms with Gasteiger partial charge in [0, 0.05) is 5.92 Å². The second-order valence-corrected chi connectivity index (χ2v) is 7.71. The Hall–Kier alpha value is -1.88. The lowest BCUT2D eigenvalue weighted by molar-refractivity contribution is 0.0396. The summed E-state index contributed by atoms with van der Waals surface area (Å²) in [4.78, 5) is 23.3. The molecule has 0 bridgehead atoms. The fourth-order valence-electron chi connectivity index (χ4n) is 2.49. The van der Waals surface area contributed by atoms with Crippen LogP contribution in [0.5, 0.6) is 0 Å². The number of benzene rings is 1. The van der Waals surface area contributed by atoms with E-state index in [1.807, 2.05) is 50.5 Å². The van der Waals surface area contributed by atoms with Gasteiger partial charge < -0.3 is 15.2 Å². The number of carbonyl (C=O) groups is 1. The van der Waals surface area contributed by atoms with Crippen LogP contribution in [0.15, 0.2) is 30.3 Å². The lowest BCUT2D eigenvalue weighted by Gasteiger charge is -2.28. The molecular formula is C20H30NO4. The minimum Gasteiger partial charge on any atom is -0.444 e. The molecule has 2 N–H and O–H groups in total. The van der Waals surface area contributed by atoms with E-state index in [-0.39, 0.29) is 18.3 Å². The van der Waals surface area contributed by atoms with E-state index < -0.39 is 23.8 Å². The van der Waals surface area contributed by atoms with E-state index in [0.717, 1.165) is 5.56 Å². The van der Waals surface area contributed by atoms with Crippen LogP contribution in [0.4, 0.5) is 4.79 Å². The van der Waals surface area contributed by atoms with Crippen LogP contribution in [-0.2, 0) is 16.0 Å². The highest BCUT2D eigenvalue weighted by Crippen LogP contribution is 2.19. The van der Waals surface area contributed by atoms with E-state index in [2.05, 4.69) is 5.32 Å². The van der Waals surface area contributed by atoms with Crippen molar-refractivity contribution in [1.29, 1.82) is 0 Å². The largest absolute Gasteiger partial charge is 0.444 e. The predicted octanol–water partition coefficient (Wildman–Crippen LogP) is 3.26. The molecule has 0 saturated heterocycles. The van der Waals surface area contributed by atoms with E-state index in [4.69, 9.17) is 4.74 Å². The van der Waals surface area contributed by atoms with Crippen LogP contribution in [0.3, 0.4) is 0 Å². The van der Waals surface area contributed by atoms with Crippen molar-refractivity contribution in [3.63, 3.8) is 0 Å². The summed E-state index contributed by atoms with van der Waals surface area (Å²) in [6.45, 7) is 9.17. The lowest BCUT2D eigenvalue weighted by atomic mass is 9.88. The Balaban J connectivity index is 2.86. The van der Waals surface area contributed by atoms with Crippen molar-refractivity contribution in [2.24, 2.45) is 11.8 Å². The first-order chi connectivity index (χ1) is 11.6. The van der Waals surface area contributed by atoms with Gasteiger partial charge in [-0.25, -0.2) is 4.79 Å². The number of hydrogen-bond acceptors (Lipinski definition) is 4. The van der Waals surface area contributed by atoms with E-state index in [9.17, 15) is 14.7 Å². The van der Waals surface area contributed by atoms with Gasteiger partial charge in [-0.2, -0.15) is 0 Å². The van der Waals surface area contributed by atoms with Crippen LogP contribution in [0, 0.1) is 11.8 Å². The van der Waals surface area contributed by atoms with Crippen LogP contribution < -0.4 is 5.32 Å². The molecule has 0 unspecified atom stereocenters. The number of ether oxygens (including phenoxy) is 1. The molecule has 5 nitrogen and oxygen atoms in total. The predicted molar refractivity (Wildman–Crippen MR) is 97.9 cm³/mol. The lowest BCUT2D eigenvalue weighted by Crippen LogP contribution is -2.47. The summed E-state index contributed by atoms with van der Waals surface area (Å²) in [5.74, 6) is -0.306. The first kappa shape index (κ1) is 21.2. The Morgan fingerprint density at radius 2 is 1.84 bits per heavy atom. The molecule has 3 atom stereocenters. The topological polar surface area (TPSA) is 75.6 Å². The number of hydrogen-bond donors (Lipinski definition) is 2.